The van der Waals surface area contributed by atoms with Gasteiger partial charge in [0.05, 0.1) is 6.61 Å². The molecule has 2 heterocycles. The van der Waals surface area contributed by atoms with Crippen molar-refractivity contribution in [2.24, 2.45) is 0 Å². The Bertz CT molecular complexity index is 788. The molecule has 0 aliphatic carbocycles. The summed E-state index contributed by atoms with van der Waals surface area (Å²) in [4.78, 5) is 27.2. The molecule has 1 saturated heterocycles. The van der Waals surface area contributed by atoms with Crippen LogP contribution in [0.5, 0.6) is 0 Å². The fraction of sp³-hybridized carbons (Fsp3) is 0.474. The van der Waals surface area contributed by atoms with E-state index in [9.17, 15) is 9.59 Å². The van der Waals surface area contributed by atoms with Crippen LogP contribution >= 0.6 is 0 Å². The van der Waals surface area contributed by atoms with Crippen LogP contribution in [-0.2, 0) is 20.7 Å². The Balaban J connectivity index is 1.77. The van der Waals surface area contributed by atoms with Crippen LogP contribution in [0.15, 0.2) is 24.3 Å². The van der Waals surface area contributed by atoms with E-state index < -0.39 is 11.7 Å². The number of nitrogens with one attached hydrogen (secondary N) is 2. The van der Waals surface area contributed by atoms with Gasteiger partial charge in [0.15, 0.2) is 0 Å². The zero-order valence-electron chi connectivity index (χ0n) is 14.8. The van der Waals surface area contributed by atoms with Gasteiger partial charge >= 0.3 is 12.1 Å². The topological polar surface area (TPSA) is 80.4 Å². The van der Waals surface area contributed by atoms with E-state index in [2.05, 4.69) is 10.3 Å². The summed E-state index contributed by atoms with van der Waals surface area (Å²) in [7, 11) is 0. The molecule has 6 heteroatoms. The Morgan fingerprint density at radius 2 is 2.12 bits per heavy atom. The average molecular weight is 344 g/mol. The Morgan fingerprint density at radius 3 is 2.80 bits per heavy atom. The molecule has 1 aromatic carbocycles. The van der Waals surface area contributed by atoms with Crippen molar-refractivity contribution in [3.63, 3.8) is 0 Å². The third-order valence-corrected chi connectivity index (χ3v) is 4.17. The monoisotopic (exact) mass is 344 g/mol. The zero-order chi connectivity index (χ0) is 18.0. The molecule has 25 heavy (non-hydrogen) atoms. The van der Waals surface area contributed by atoms with Crippen LogP contribution in [0.1, 0.15) is 44.4 Å². The number of H-pyrrole nitrogens is 1. The van der Waals surface area contributed by atoms with Crippen molar-refractivity contribution in [1.29, 1.82) is 0 Å². The SMILES string of the molecule is CC(C)(C)OC(=O)NCCc1c(C2CCOC2=O)[nH]c2ccccc12. The number of benzene rings is 1. The molecule has 6 nitrogen and oxygen atoms in total. The fourth-order valence-electron chi connectivity index (χ4n) is 3.15. The number of aromatic nitrogens is 1. The predicted octanol–water partition coefficient (Wildman–Crippen LogP) is 3.27. The van der Waals surface area contributed by atoms with Crippen molar-refractivity contribution in [1.82, 2.24) is 10.3 Å². The lowest BCUT2D eigenvalue weighted by atomic mass is 9.97. The number of fused-ring (bicyclic) bond motifs is 1. The summed E-state index contributed by atoms with van der Waals surface area (Å²) in [6.07, 6.45) is 0.856. The van der Waals surface area contributed by atoms with E-state index in [0.29, 0.717) is 26.0 Å². The summed E-state index contributed by atoms with van der Waals surface area (Å²) < 4.78 is 10.4. The van der Waals surface area contributed by atoms with Gasteiger partial charge in [-0.3, -0.25) is 4.79 Å². The second-order valence-corrected chi connectivity index (χ2v) is 7.25. The molecule has 1 amide bonds. The molecule has 3 rings (SSSR count). The van der Waals surface area contributed by atoms with E-state index in [0.717, 1.165) is 22.2 Å². The van der Waals surface area contributed by atoms with E-state index in [1.54, 1.807) is 0 Å². The van der Waals surface area contributed by atoms with Crippen LogP contribution in [-0.4, -0.2) is 35.8 Å². The lowest BCUT2D eigenvalue weighted by Crippen LogP contribution is -2.33. The van der Waals surface area contributed by atoms with Crippen molar-refractivity contribution in [2.75, 3.05) is 13.2 Å². The molecule has 1 atom stereocenters. The first-order chi connectivity index (χ1) is 11.8. The highest BCUT2D eigenvalue weighted by Gasteiger charge is 2.32. The number of cyclic esters (lactones) is 1. The summed E-state index contributed by atoms with van der Waals surface area (Å²) in [5, 5.41) is 3.85. The van der Waals surface area contributed by atoms with E-state index >= 15 is 0 Å². The molecule has 1 aliphatic heterocycles. The summed E-state index contributed by atoms with van der Waals surface area (Å²) in [6.45, 7) is 6.38. The molecule has 0 spiro atoms. The van der Waals surface area contributed by atoms with Crippen molar-refractivity contribution >= 4 is 23.0 Å². The van der Waals surface area contributed by atoms with Crippen LogP contribution < -0.4 is 5.32 Å². The molecular weight excluding hydrogens is 320 g/mol. The van der Waals surface area contributed by atoms with Crippen molar-refractivity contribution < 1.29 is 19.1 Å². The second kappa shape index (κ2) is 6.78. The third-order valence-electron chi connectivity index (χ3n) is 4.17. The molecule has 1 aromatic heterocycles. The lowest BCUT2D eigenvalue weighted by Gasteiger charge is -2.19. The summed E-state index contributed by atoms with van der Waals surface area (Å²) in [5.41, 5.74) is 2.42. The normalized spacial score (nSPS) is 17.6. The minimum atomic E-state index is -0.524. The second-order valence-electron chi connectivity index (χ2n) is 7.25. The minimum Gasteiger partial charge on any atom is -0.465 e. The van der Waals surface area contributed by atoms with Gasteiger partial charge in [0, 0.05) is 29.6 Å². The Labute approximate surface area is 146 Å². The quantitative estimate of drug-likeness (QED) is 0.834. The molecule has 1 fully saturated rings. The number of carbonyl (C=O) groups excluding carboxylic acids is 2. The third kappa shape index (κ3) is 3.95. The highest BCUT2D eigenvalue weighted by molar-refractivity contribution is 5.88. The van der Waals surface area contributed by atoms with Gasteiger partial charge in [-0.25, -0.2) is 4.79 Å². The number of aromatic amines is 1. The standard InChI is InChI=1S/C19H24N2O4/c1-19(2,3)25-18(23)20-10-8-13-12-6-4-5-7-15(12)21-16(13)14-9-11-24-17(14)22/h4-7,14,21H,8-11H2,1-3H3,(H,20,23). The van der Waals surface area contributed by atoms with Gasteiger partial charge in [-0.2, -0.15) is 0 Å². The van der Waals surface area contributed by atoms with E-state index in [1.807, 2.05) is 45.0 Å². The van der Waals surface area contributed by atoms with E-state index in [4.69, 9.17) is 9.47 Å². The number of para-hydroxylation sites is 1. The first kappa shape index (κ1) is 17.3. The molecule has 0 saturated carbocycles. The van der Waals surface area contributed by atoms with Crippen LogP contribution in [0, 0.1) is 0 Å². The smallest absolute Gasteiger partial charge is 0.407 e. The number of rotatable bonds is 4. The Morgan fingerprint density at radius 1 is 1.36 bits per heavy atom. The molecule has 0 bridgehead atoms. The number of alkyl carbamates (subject to hydrolysis) is 1. The summed E-state index contributed by atoms with van der Waals surface area (Å²) >= 11 is 0. The maximum absolute atomic E-state index is 12.0. The van der Waals surface area contributed by atoms with E-state index in [-0.39, 0.29) is 11.9 Å². The zero-order valence-corrected chi connectivity index (χ0v) is 14.8. The van der Waals surface area contributed by atoms with Crippen molar-refractivity contribution in [3.05, 3.63) is 35.5 Å². The highest BCUT2D eigenvalue weighted by Crippen LogP contribution is 2.33. The Kier molecular flexibility index (Phi) is 4.70. The lowest BCUT2D eigenvalue weighted by molar-refractivity contribution is -0.139. The molecule has 2 N–H and O–H groups in total. The largest absolute Gasteiger partial charge is 0.465 e. The molecule has 1 unspecified atom stereocenters. The van der Waals surface area contributed by atoms with Crippen LogP contribution in [0.2, 0.25) is 0 Å². The minimum absolute atomic E-state index is 0.187. The molecule has 1 aliphatic rings. The maximum atomic E-state index is 12.0. The molecule has 134 valence electrons. The van der Waals surface area contributed by atoms with Crippen LogP contribution in [0.3, 0.4) is 0 Å². The highest BCUT2D eigenvalue weighted by atomic mass is 16.6. The number of amides is 1. The summed E-state index contributed by atoms with van der Waals surface area (Å²) in [6, 6.07) is 7.94. The average Bonchev–Trinajstić information content (AvgIpc) is 3.09. The van der Waals surface area contributed by atoms with Gasteiger partial charge in [-0.15, -0.1) is 0 Å². The molecular formula is C19H24N2O4. The van der Waals surface area contributed by atoms with Gasteiger partial charge in [0.1, 0.15) is 11.5 Å². The van der Waals surface area contributed by atoms with Gasteiger partial charge in [0.2, 0.25) is 0 Å². The number of hydrogen-bond acceptors (Lipinski definition) is 4. The molecule has 2 aromatic rings. The number of esters is 1. The number of hydrogen-bond donors (Lipinski definition) is 2. The predicted molar refractivity (Wildman–Crippen MR) is 94.6 cm³/mol. The van der Waals surface area contributed by atoms with Crippen molar-refractivity contribution in [2.45, 2.75) is 45.1 Å². The van der Waals surface area contributed by atoms with Gasteiger partial charge in [-0.1, -0.05) is 18.2 Å². The molecule has 0 radical (unpaired) electrons. The van der Waals surface area contributed by atoms with E-state index in [1.165, 1.54) is 0 Å². The van der Waals surface area contributed by atoms with Gasteiger partial charge in [-0.05, 0) is 38.8 Å². The number of carbonyl (C=O) groups is 2. The summed E-state index contributed by atoms with van der Waals surface area (Å²) in [5.74, 6) is -0.447. The number of ether oxygens (including phenoxy) is 2. The van der Waals surface area contributed by atoms with Crippen LogP contribution in [0.25, 0.3) is 10.9 Å². The first-order valence-corrected chi connectivity index (χ1v) is 8.58. The Hall–Kier alpha value is -2.50. The van der Waals surface area contributed by atoms with Crippen molar-refractivity contribution in [3.8, 4) is 0 Å². The maximum Gasteiger partial charge on any atom is 0.407 e. The fourth-order valence-corrected chi connectivity index (χ4v) is 3.15. The van der Waals surface area contributed by atoms with Gasteiger partial charge < -0.3 is 19.8 Å². The first-order valence-electron chi connectivity index (χ1n) is 8.58. The van der Waals surface area contributed by atoms with Crippen LogP contribution in [0.4, 0.5) is 4.79 Å². The van der Waals surface area contributed by atoms with Gasteiger partial charge in [0.25, 0.3) is 0 Å².